The van der Waals surface area contributed by atoms with Crippen LogP contribution in [0, 0.1) is 0 Å². The maximum atomic E-state index is 2.64. The lowest BCUT2D eigenvalue weighted by atomic mass is 10.3. The highest BCUT2D eigenvalue weighted by atomic mass is 15.3. The normalized spacial score (nSPS) is 24.6. The van der Waals surface area contributed by atoms with Gasteiger partial charge >= 0.3 is 0 Å². The standard InChI is InChI=1S/C15H33N5/c1-16(2)4-7-18-10-13-20(14-11-18)15-12-19-8-5-17(3)6-9-19/h4-15H2,1-3H3. The van der Waals surface area contributed by atoms with Gasteiger partial charge in [0, 0.05) is 78.5 Å². The first-order valence-electron chi connectivity index (χ1n) is 8.14. The predicted octanol–water partition coefficient (Wildman–Crippen LogP) is -0.587. The van der Waals surface area contributed by atoms with Crippen LogP contribution < -0.4 is 0 Å². The smallest absolute Gasteiger partial charge is 0.0110 e. The Labute approximate surface area is 125 Å². The van der Waals surface area contributed by atoms with Crippen LogP contribution in [0.25, 0.3) is 0 Å². The van der Waals surface area contributed by atoms with Gasteiger partial charge in [0.05, 0.1) is 0 Å². The van der Waals surface area contributed by atoms with Crippen molar-refractivity contribution in [3.05, 3.63) is 0 Å². The van der Waals surface area contributed by atoms with Crippen LogP contribution in [0.5, 0.6) is 0 Å². The van der Waals surface area contributed by atoms with Crippen LogP contribution in [0.3, 0.4) is 0 Å². The molecule has 0 unspecified atom stereocenters. The molecule has 118 valence electrons. The van der Waals surface area contributed by atoms with E-state index in [0.29, 0.717) is 0 Å². The average Bonchev–Trinajstić information content (AvgIpc) is 2.45. The predicted molar refractivity (Wildman–Crippen MR) is 85.4 cm³/mol. The molecular formula is C15H33N5. The van der Waals surface area contributed by atoms with Gasteiger partial charge < -0.3 is 9.80 Å². The van der Waals surface area contributed by atoms with Crippen molar-refractivity contribution in [3.63, 3.8) is 0 Å². The van der Waals surface area contributed by atoms with Crippen molar-refractivity contribution >= 4 is 0 Å². The Hall–Kier alpha value is -0.200. The summed E-state index contributed by atoms with van der Waals surface area (Å²) in [7, 11) is 6.54. The number of nitrogens with zero attached hydrogens (tertiary/aromatic N) is 5. The summed E-state index contributed by atoms with van der Waals surface area (Å²) in [6.45, 7) is 14.9. The molecule has 0 aromatic rings. The molecule has 0 atom stereocenters. The van der Waals surface area contributed by atoms with Crippen LogP contribution in [-0.4, -0.2) is 124 Å². The Morgan fingerprint density at radius 3 is 1.50 bits per heavy atom. The van der Waals surface area contributed by atoms with E-state index in [0.717, 1.165) is 0 Å². The first-order valence-corrected chi connectivity index (χ1v) is 8.14. The molecule has 2 fully saturated rings. The van der Waals surface area contributed by atoms with Gasteiger partial charge in [0.15, 0.2) is 0 Å². The molecule has 2 rings (SSSR count). The van der Waals surface area contributed by atoms with Crippen LogP contribution in [0.4, 0.5) is 0 Å². The molecule has 2 aliphatic rings. The zero-order valence-electron chi connectivity index (χ0n) is 13.7. The van der Waals surface area contributed by atoms with E-state index in [1.54, 1.807) is 0 Å². The molecule has 0 saturated carbocycles. The summed E-state index contributed by atoms with van der Waals surface area (Å²) in [5.74, 6) is 0. The van der Waals surface area contributed by atoms with Crippen molar-refractivity contribution in [2.45, 2.75) is 0 Å². The maximum Gasteiger partial charge on any atom is 0.0110 e. The molecule has 0 N–H and O–H groups in total. The van der Waals surface area contributed by atoms with Crippen molar-refractivity contribution in [1.29, 1.82) is 0 Å². The van der Waals surface area contributed by atoms with Gasteiger partial charge in [0.25, 0.3) is 0 Å². The lowest BCUT2D eigenvalue weighted by molar-refractivity contribution is 0.0984. The SMILES string of the molecule is CN(C)CCN1CCN(CCN2CCN(C)CC2)CC1. The molecule has 2 aliphatic heterocycles. The lowest BCUT2D eigenvalue weighted by Gasteiger charge is -2.37. The van der Waals surface area contributed by atoms with E-state index in [-0.39, 0.29) is 0 Å². The molecule has 0 amide bonds. The molecule has 5 heteroatoms. The Balaban J connectivity index is 1.55. The van der Waals surface area contributed by atoms with E-state index in [9.17, 15) is 0 Å². The first-order chi connectivity index (χ1) is 9.63. The monoisotopic (exact) mass is 283 g/mol. The van der Waals surface area contributed by atoms with Crippen molar-refractivity contribution in [1.82, 2.24) is 24.5 Å². The van der Waals surface area contributed by atoms with E-state index < -0.39 is 0 Å². The summed E-state index contributed by atoms with van der Waals surface area (Å²) in [5, 5.41) is 0. The molecule has 0 spiro atoms. The van der Waals surface area contributed by atoms with Crippen molar-refractivity contribution in [3.8, 4) is 0 Å². The Bertz CT molecular complexity index is 255. The third-order valence-corrected chi connectivity index (χ3v) is 4.66. The Morgan fingerprint density at radius 2 is 1.05 bits per heavy atom. The van der Waals surface area contributed by atoms with Gasteiger partial charge in [-0.05, 0) is 21.1 Å². The van der Waals surface area contributed by atoms with Gasteiger partial charge in [0.1, 0.15) is 0 Å². The van der Waals surface area contributed by atoms with Crippen molar-refractivity contribution in [2.75, 3.05) is 99.7 Å². The Morgan fingerprint density at radius 1 is 0.650 bits per heavy atom. The molecule has 2 saturated heterocycles. The molecule has 0 aliphatic carbocycles. The highest BCUT2D eigenvalue weighted by molar-refractivity contribution is 4.75. The number of hydrogen-bond donors (Lipinski definition) is 0. The molecular weight excluding hydrogens is 250 g/mol. The zero-order chi connectivity index (χ0) is 14.4. The topological polar surface area (TPSA) is 16.2 Å². The van der Waals surface area contributed by atoms with E-state index >= 15 is 0 Å². The summed E-state index contributed by atoms with van der Waals surface area (Å²) < 4.78 is 0. The second-order valence-corrected chi connectivity index (χ2v) is 6.63. The quantitative estimate of drug-likeness (QED) is 0.646. The van der Waals surface area contributed by atoms with Crippen molar-refractivity contribution < 1.29 is 0 Å². The summed E-state index contributed by atoms with van der Waals surface area (Å²) >= 11 is 0. The minimum absolute atomic E-state index is 1.18. The number of piperazine rings is 2. The molecule has 0 aromatic heterocycles. The molecule has 2 heterocycles. The highest BCUT2D eigenvalue weighted by Gasteiger charge is 2.18. The van der Waals surface area contributed by atoms with E-state index in [4.69, 9.17) is 0 Å². The van der Waals surface area contributed by atoms with Crippen LogP contribution in [0.1, 0.15) is 0 Å². The second-order valence-electron chi connectivity index (χ2n) is 6.63. The van der Waals surface area contributed by atoms with Crippen LogP contribution in [-0.2, 0) is 0 Å². The molecule has 0 bridgehead atoms. The van der Waals surface area contributed by atoms with Crippen LogP contribution in [0.2, 0.25) is 0 Å². The van der Waals surface area contributed by atoms with Gasteiger partial charge in [-0.1, -0.05) is 0 Å². The minimum atomic E-state index is 1.18. The lowest BCUT2D eigenvalue weighted by Crippen LogP contribution is -2.51. The number of hydrogen-bond acceptors (Lipinski definition) is 5. The van der Waals surface area contributed by atoms with Gasteiger partial charge in [-0.2, -0.15) is 0 Å². The average molecular weight is 283 g/mol. The Kier molecular flexibility index (Phi) is 6.71. The number of rotatable bonds is 6. The van der Waals surface area contributed by atoms with E-state index in [2.05, 4.69) is 45.6 Å². The van der Waals surface area contributed by atoms with Gasteiger partial charge in [0.2, 0.25) is 0 Å². The van der Waals surface area contributed by atoms with Gasteiger partial charge in [-0.15, -0.1) is 0 Å². The first kappa shape index (κ1) is 16.2. The van der Waals surface area contributed by atoms with Crippen molar-refractivity contribution in [2.24, 2.45) is 0 Å². The van der Waals surface area contributed by atoms with Crippen LogP contribution >= 0.6 is 0 Å². The summed E-state index contributed by atoms with van der Waals surface area (Å²) in [6.07, 6.45) is 0. The minimum Gasteiger partial charge on any atom is -0.308 e. The highest BCUT2D eigenvalue weighted by Crippen LogP contribution is 2.03. The number of likely N-dealkylation sites (N-methyl/N-ethyl adjacent to an activating group) is 2. The fraction of sp³-hybridized carbons (Fsp3) is 1.00. The molecule has 5 nitrogen and oxygen atoms in total. The summed E-state index contributed by atoms with van der Waals surface area (Å²) in [5.41, 5.74) is 0. The van der Waals surface area contributed by atoms with Gasteiger partial charge in [-0.3, -0.25) is 14.7 Å². The van der Waals surface area contributed by atoms with E-state index in [1.165, 1.54) is 78.5 Å². The second kappa shape index (κ2) is 8.29. The zero-order valence-corrected chi connectivity index (χ0v) is 13.7. The fourth-order valence-corrected chi connectivity index (χ4v) is 2.93. The van der Waals surface area contributed by atoms with E-state index in [1.807, 2.05) is 0 Å². The summed E-state index contributed by atoms with van der Waals surface area (Å²) in [6, 6.07) is 0. The molecule has 20 heavy (non-hydrogen) atoms. The largest absolute Gasteiger partial charge is 0.308 e. The third kappa shape index (κ3) is 5.66. The maximum absolute atomic E-state index is 2.64. The molecule has 0 aromatic carbocycles. The fourth-order valence-electron chi connectivity index (χ4n) is 2.93. The summed E-state index contributed by atoms with van der Waals surface area (Å²) in [4.78, 5) is 12.6. The van der Waals surface area contributed by atoms with Gasteiger partial charge in [-0.25, -0.2) is 0 Å². The van der Waals surface area contributed by atoms with Crippen LogP contribution in [0.15, 0.2) is 0 Å². The third-order valence-electron chi connectivity index (χ3n) is 4.66. The molecule has 0 radical (unpaired) electrons.